The molecule has 0 atom stereocenters. The second-order valence-corrected chi connectivity index (χ2v) is 9.64. The molecule has 166 valence electrons. The molecule has 0 aromatic carbocycles. The minimum atomic E-state index is -1.54. The van der Waals surface area contributed by atoms with E-state index in [1.165, 1.54) is 38.5 Å². The van der Waals surface area contributed by atoms with Gasteiger partial charge in [0.05, 0.1) is 13.2 Å². The van der Waals surface area contributed by atoms with Crippen LogP contribution in [0.2, 0.25) is 0 Å². The Labute approximate surface area is 176 Å². The van der Waals surface area contributed by atoms with Crippen molar-refractivity contribution in [1.82, 2.24) is 0 Å². The average molecular weight is 411 g/mol. The van der Waals surface area contributed by atoms with E-state index in [1.807, 2.05) is 0 Å². The zero-order valence-electron chi connectivity index (χ0n) is 18.2. The molecular weight excluding hydrogens is 370 g/mol. The van der Waals surface area contributed by atoms with Crippen LogP contribution in [0.5, 0.6) is 0 Å². The van der Waals surface area contributed by atoms with Gasteiger partial charge in [-0.1, -0.05) is 18.6 Å². The van der Waals surface area contributed by atoms with Gasteiger partial charge in [0.1, 0.15) is 0 Å². The number of allylic oxidation sites excluding steroid dienone is 3. The molecule has 0 amide bonds. The van der Waals surface area contributed by atoms with Gasteiger partial charge in [-0.25, -0.2) is 0 Å². The number of halogens is 2. The molecule has 4 heteroatoms. The van der Waals surface area contributed by atoms with Crippen LogP contribution in [-0.4, -0.2) is 19.5 Å². The van der Waals surface area contributed by atoms with Crippen LogP contribution in [0.3, 0.4) is 0 Å². The first kappa shape index (κ1) is 22.9. The topological polar surface area (TPSA) is 18.5 Å². The van der Waals surface area contributed by atoms with Crippen LogP contribution < -0.4 is 0 Å². The molecule has 0 aromatic rings. The maximum Gasteiger partial charge on any atom is 0.266 e. The summed E-state index contributed by atoms with van der Waals surface area (Å²) in [5, 5.41) is 0. The van der Waals surface area contributed by atoms with Crippen molar-refractivity contribution in [3.63, 3.8) is 0 Å². The van der Waals surface area contributed by atoms with Crippen LogP contribution in [0.1, 0.15) is 84.0 Å². The molecule has 29 heavy (non-hydrogen) atoms. The average Bonchev–Trinajstić information content (AvgIpc) is 2.74. The lowest BCUT2D eigenvalue weighted by molar-refractivity contribution is -0.230. The zero-order chi connectivity index (χ0) is 20.5. The van der Waals surface area contributed by atoms with E-state index >= 15 is 0 Å². The molecule has 2 nitrogen and oxygen atoms in total. The second kappa shape index (κ2) is 12.2. The van der Waals surface area contributed by atoms with Crippen molar-refractivity contribution in [1.29, 1.82) is 0 Å². The van der Waals surface area contributed by atoms with E-state index in [0.29, 0.717) is 24.2 Å². The lowest BCUT2D eigenvalue weighted by Crippen LogP contribution is -2.38. The Morgan fingerprint density at radius 1 is 0.793 bits per heavy atom. The van der Waals surface area contributed by atoms with Crippen molar-refractivity contribution in [3.8, 4) is 0 Å². The summed E-state index contributed by atoms with van der Waals surface area (Å²) < 4.78 is 36.6. The van der Waals surface area contributed by atoms with Crippen molar-refractivity contribution < 1.29 is 18.3 Å². The minimum absolute atomic E-state index is 0.0355. The van der Waals surface area contributed by atoms with Crippen molar-refractivity contribution in [2.75, 3.05) is 13.2 Å². The maximum absolute atomic E-state index is 12.2. The molecule has 0 N–H and O–H groups in total. The summed E-state index contributed by atoms with van der Waals surface area (Å²) in [6.45, 7) is 3.82. The van der Waals surface area contributed by atoms with Crippen LogP contribution >= 0.6 is 0 Å². The summed E-state index contributed by atoms with van der Waals surface area (Å²) in [5.74, 6) is 3.34. The lowest BCUT2D eigenvalue weighted by atomic mass is 9.78. The monoisotopic (exact) mass is 410 g/mol. The Morgan fingerprint density at radius 3 is 2.00 bits per heavy atom. The fourth-order valence-electron chi connectivity index (χ4n) is 5.59. The van der Waals surface area contributed by atoms with Crippen molar-refractivity contribution in [2.45, 2.75) is 90.3 Å². The maximum atomic E-state index is 12.2. The van der Waals surface area contributed by atoms with E-state index in [9.17, 15) is 8.78 Å². The molecule has 2 saturated carbocycles. The van der Waals surface area contributed by atoms with Crippen molar-refractivity contribution in [2.24, 2.45) is 29.6 Å². The molecule has 3 fully saturated rings. The molecule has 2 aliphatic carbocycles. The number of ether oxygens (including phenoxy) is 2. The summed E-state index contributed by atoms with van der Waals surface area (Å²) in [5.41, 5.74) is 0. The molecule has 0 spiro atoms. The van der Waals surface area contributed by atoms with E-state index in [4.69, 9.17) is 9.47 Å². The van der Waals surface area contributed by atoms with Gasteiger partial charge in [0.25, 0.3) is 6.08 Å². The molecule has 0 aromatic heterocycles. The Balaban J connectivity index is 1.27. The number of rotatable bonds is 8. The molecular formula is C25H40F2O2. The standard InChI is InChI=1S/C25H40F2O2/c1-2-4-19-7-9-21(10-8-19)11-12-22-17-28-25(29-18-22)23-15-13-20(14-16-23)5-3-6-24(26)27/h2,4,6,19-23,25H,3,5,7-18H2,1H3/b4-2+. The summed E-state index contributed by atoms with van der Waals surface area (Å²) in [4.78, 5) is 0. The predicted octanol–water partition coefficient (Wildman–Crippen LogP) is 7.51. The van der Waals surface area contributed by atoms with E-state index < -0.39 is 6.08 Å². The van der Waals surface area contributed by atoms with Gasteiger partial charge in [-0.05, 0) is 101 Å². The smallest absolute Gasteiger partial charge is 0.266 e. The summed E-state index contributed by atoms with van der Waals surface area (Å²) >= 11 is 0. The third-order valence-electron chi connectivity index (χ3n) is 7.48. The molecule has 1 heterocycles. The summed E-state index contributed by atoms with van der Waals surface area (Å²) in [7, 11) is 0. The summed E-state index contributed by atoms with van der Waals surface area (Å²) in [6, 6.07) is 0. The Kier molecular flexibility index (Phi) is 9.65. The predicted molar refractivity (Wildman–Crippen MR) is 114 cm³/mol. The van der Waals surface area contributed by atoms with Gasteiger partial charge in [0.2, 0.25) is 0 Å². The quantitative estimate of drug-likeness (QED) is 0.386. The number of hydrogen-bond donors (Lipinski definition) is 0. The van der Waals surface area contributed by atoms with Crippen molar-refractivity contribution in [3.05, 3.63) is 24.3 Å². The molecule has 1 saturated heterocycles. The van der Waals surface area contributed by atoms with Crippen LogP contribution in [0.4, 0.5) is 8.78 Å². The van der Waals surface area contributed by atoms with Gasteiger partial charge in [-0.15, -0.1) is 0 Å². The molecule has 0 unspecified atom stereocenters. The highest BCUT2D eigenvalue weighted by atomic mass is 19.3. The Morgan fingerprint density at radius 2 is 1.38 bits per heavy atom. The molecule has 3 aliphatic rings. The van der Waals surface area contributed by atoms with Crippen LogP contribution in [0.15, 0.2) is 24.3 Å². The van der Waals surface area contributed by atoms with E-state index in [2.05, 4.69) is 19.1 Å². The molecule has 0 radical (unpaired) electrons. The van der Waals surface area contributed by atoms with Crippen LogP contribution in [-0.2, 0) is 9.47 Å². The largest absolute Gasteiger partial charge is 0.352 e. The summed E-state index contributed by atoms with van der Waals surface area (Å²) in [6.07, 6.45) is 17.9. The molecule has 0 bridgehead atoms. The third-order valence-corrected chi connectivity index (χ3v) is 7.48. The van der Waals surface area contributed by atoms with Gasteiger partial charge >= 0.3 is 0 Å². The SMILES string of the molecule is C/C=C/C1CCC(CCC2COC(C3CCC(CCC=C(F)F)CC3)OC2)CC1. The van der Waals surface area contributed by atoms with Crippen LogP contribution in [0.25, 0.3) is 0 Å². The lowest BCUT2D eigenvalue weighted by Gasteiger charge is -2.38. The fraction of sp³-hybridized carbons (Fsp3) is 0.840. The fourth-order valence-corrected chi connectivity index (χ4v) is 5.59. The third kappa shape index (κ3) is 7.79. The first-order valence-electron chi connectivity index (χ1n) is 12.0. The second-order valence-electron chi connectivity index (χ2n) is 9.64. The Bertz CT molecular complexity index is 505. The van der Waals surface area contributed by atoms with Crippen molar-refractivity contribution >= 4 is 0 Å². The first-order valence-corrected chi connectivity index (χ1v) is 12.0. The highest BCUT2D eigenvalue weighted by Crippen LogP contribution is 2.37. The van der Waals surface area contributed by atoms with Crippen LogP contribution in [0, 0.1) is 29.6 Å². The number of hydrogen-bond acceptors (Lipinski definition) is 2. The van der Waals surface area contributed by atoms with Gasteiger partial charge in [0.15, 0.2) is 6.29 Å². The van der Waals surface area contributed by atoms with Gasteiger partial charge < -0.3 is 9.47 Å². The van der Waals surface area contributed by atoms with E-state index in [0.717, 1.165) is 63.2 Å². The van der Waals surface area contributed by atoms with Gasteiger partial charge in [-0.3, -0.25) is 0 Å². The zero-order valence-corrected chi connectivity index (χ0v) is 18.2. The molecule has 1 aliphatic heterocycles. The first-order chi connectivity index (χ1) is 14.1. The van der Waals surface area contributed by atoms with Gasteiger partial charge in [-0.2, -0.15) is 8.78 Å². The van der Waals surface area contributed by atoms with E-state index in [-0.39, 0.29) is 6.29 Å². The van der Waals surface area contributed by atoms with E-state index in [1.54, 1.807) is 0 Å². The van der Waals surface area contributed by atoms with Gasteiger partial charge in [0, 0.05) is 11.8 Å². The highest BCUT2D eigenvalue weighted by molar-refractivity contribution is 4.89. The minimum Gasteiger partial charge on any atom is -0.352 e. The molecule has 3 rings (SSSR count). The highest BCUT2D eigenvalue weighted by Gasteiger charge is 2.32. The normalized spacial score (nSPS) is 36.2. The Hall–Kier alpha value is -0.740.